The number of fused-ring (bicyclic) bond motifs is 3. The molecule has 3 nitrogen and oxygen atoms in total. The summed E-state index contributed by atoms with van der Waals surface area (Å²) < 4.78 is 0. The SMILES string of the molecule is CCNc1cccc2c3cccc(C(=O)c4cccc(Cl)c4)cc-3nc12. The van der Waals surface area contributed by atoms with E-state index < -0.39 is 0 Å². The van der Waals surface area contributed by atoms with E-state index in [1.807, 2.05) is 36.4 Å². The van der Waals surface area contributed by atoms with Crippen LogP contribution in [0, 0.1) is 0 Å². The summed E-state index contributed by atoms with van der Waals surface area (Å²) in [6.45, 7) is 2.89. The van der Waals surface area contributed by atoms with Crippen molar-refractivity contribution in [2.75, 3.05) is 11.9 Å². The normalized spacial score (nSPS) is 11.0. The standard InChI is InChI=1S/C22H17ClN2O/c1-2-24-19-11-5-10-18-17-9-4-7-15(13-20(17)25-21(18)19)22(26)14-6-3-8-16(23)12-14/h3-13,24H,2H2,1H3. The van der Waals surface area contributed by atoms with E-state index in [2.05, 4.69) is 18.3 Å². The van der Waals surface area contributed by atoms with Gasteiger partial charge >= 0.3 is 0 Å². The lowest BCUT2D eigenvalue weighted by molar-refractivity contribution is 0.103. The average Bonchev–Trinajstić information content (AvgIpc) is 2.86. The van der Waals surface area contributed by atoms with Gasteiger partial charge in [-0.05, 0) is 31.2 Å². The molecule has 0 atom stereocenters. The predicted molar refractivity (Wildman–Crippen MR) is 107 cm³/mol. The number of rotatable bonds is 4. The Hall–Kier alpha value is -2.91. The maximum Gasteiger partial charge on any atom is 0.193 e. The second-order valence-electron chi connectivity index (χ2n) is 6.11. The minimum absolute atomic E-state index is 0.0658. The van der Waals surface area contributed by atoms with Crippen molar-refractivity contribution in [3.8, 4) is 11.3 Å². The van der Waals surface area contributed by atoms with Gasteiger partial charge in [0.05, 0.1) is 16.9 Å². The van der Waals surface area contributed by atoms with E-state index in [0.717, 1.165) is 34.4 Å². The van der Waals surface area contributed by atoms with E-state index in [1.165, 1.54) is 0 Å². The second kappa shape index (κ2) is 6.77. The molecule has 0 unspecified atom stereocenters. The first kappa shape index (κ1) is 16.6. The highest BCUT2D eigenvalue weighted by Gasteiger charge is 2.16. The Morgan fingerprint density at radius 3 is 2.50 bits per heavy atom. The largest absolute Gasteiger partial charge is 0.384 e. The van der Waals surface area contributed by atoms with Crippen LogP contribution in [0.1, 0.15) is 22.8 Å². The van der Waals surface area contributed by atoms with E-state index >= 15 is 0 Å². The number of carbonyl (C=O) groups excluding carboxylic acids is 1. The number of carbonyl (C=O) groups is 1. The Balaban J connectivity index is 1.86. The Morgan fingerprint density at radius 2 is 1.73 bits per heavy atom. The van der Waals surface area contributed by atoms with Crippen molar-refractivity contribution in [1.29, 1.82) is 0 Å². The Bertz CT molecular complexity index is 1090. The molecular weight excluding hydrogens is 344 g/mol. The number of halogens is 1. The van der Waals surface area contributed by atoms with Gasteiger partial charge in [-0.2, -0.15) is 0 Å². The van der Waals surface area contributed by atoms with Crippen molar-refractivity contribution in [3.63, 3.8) is 0 Å². The van der Waals surface area contributed by atoms with Gasteiger partial charge in [-0.15, -0.1) is 0 Å². The molecule has 0 bridgehead atoms. The zero-order chi connectivity index (χ0) is 18.1. The van der Waals surface area contributed by atoms with E-state index in [4.69, 9.17) is 16.6 Å². The van der Waals surface area contributed by atoms with Crippen LogP contribution in [0.2, 0.25) is 5.02 Å². The highest BCUT2D eigenvalue weighted by molar-refractivity contribution is 6.31. The van der Waals surface area contributed by atoms with Gasteiger partial charge in [-0.3, -0.25) is 4.79 Å². The molecule has 2 aromatic carbocycles. The maximum absolute atomic E-state index is 12.9. The summed E-state index contributed by atoms with van der Waals surface area (Å²) in [5.74, 6) is -0.0658. The number of hydrogen-bond donors (Lipinski definition) is 1. The highest BCUT2D eigenvalue weighted by atomic mass is 35.5. The van der Waals surface area contributed by atoms with Gasteiger partial charge in [0.25, 0.3) is 0 Å². The molecule has 4 heteroatoms. The summed E-state index contributed by atoms with van der Waals surface area (Å²) in [5.41, 5.74) is 4.94. The first-order chi connectivity index (χ1) is 12.7. The maximum atomic E-state index is 12.9. The van der Waals surface area contributed by atoms with Crippen molar-refractivity contribution in [2.24, 2.45) is 0 Å². The van der Waals surface area contributed by atoms with Gasteiger partial charge in [0.1, 0.15) is 0 Å². The number of nitrogens with one attached hydrogen (secondary N) is 1. The minimum atomic E-state index is -0.0658. The van der Waals surface area contributed by atoms with Crippen molar-refractivity contribution >= 4 is 34.0 Å². The summed E-state index contributed by atoms with van der Waals surface area (Å²) in [6, 6.07) is 20.7. The molecule has 4 rings (SSSR count). The van der Waals surface area contributed by atoms with Gasteiger partial charge in [0, 0.05) is 33.6 Å². The number of para-hydroxylation sites is 1. The van der Waals surface area contributed by atoms with Crippen molar-refractivity contribution in [1.82, 2.24) is 4.98 Å². The molecule has 2 aromatic rings. The topological polar surface area (TPSA) is 42.0 Å². The number of nitrogens with zero attached hydrogens (tertiary/aromatic N) is 1. The van der Waals surface area contributed by atoms with Crippen molar-refractivity contribution in [2.45, 2.75) is 6.92 Å². The third-order valence-electron chi connectivity index (χ3n) is 4.38. The summed E-state index contributed by atoms with van der Waals surface area (Å²) in [5, 5.41) is 4.97. The summed E-state index contributed by atoms with van der Waals surface area (Å²) in [7, 11) is 0. The molecule has 0 saturated heterocycles. The summed E-state index contributed by atoms with van der Waals surface area (Å²) in [4.78, 5) is 17.7. The second-order valence-corrected chi connectivity index (χ2v) is 6.54. The van der Waals surface area contributed by atoms with Gasteiger partial charge in [-0.25, -0.2) is 4.98 Å². The van der Waals surface area contributed by atoms with E-state index in [0.29, 0.717) is 16.1 Å². The molecule has 2 aliphatic rings. The molecule has 0 amide bonds. The molecule has 0 aromatic heterocycles. The quantitative estimate of drug-likeness (QED) is 0.478. The zero-order valence-electron chi connectivity index (χ0n) is 14.3. The van der Waals surface area contributed by atoms with Crippen LogP contribution in [0.25, 0.3) is 22.2 Å². The highest BCUT2D eigenvalue weighted by Crippen LogP contribution is 2.34. The Labute approximate surface area is 157 Å². The van der Waals surface area contributed by atoms with Gasteiger partial charge in [-0.1, -0.05) is 54.1 Å². The Kier molecular flexibility index (Phi) is 4.31. The summed E-state index contributed by atoms with van der Waals surface area (Å²) >= 11 is 6.03. The predicted octanol–water partition coefficient (Wildman–Crippen LogP) is 5.66. The molecule has 128 valence electrons. The van der Waals surface area contributed by atoms with Crippen LogP contribution in [0.5, 0.6) is 0 Å². The van der Waals surface area contributed by atoms with E-state index in [1.54, 1.807) is 24.3 Å². The monoisotopic (exact) mass is 360 g/mol. The van der Waals surface area contributed by atoms with Gasteiger partial charge < -0.3 is 5.32 Å². The third-order valence-corrected chi connectivity index (χ3v) is 4.62. The van der Waals surface area contributed by atoms with Crippen LogP contribution in [0.3, 0.4) is 0 Å². The average molecular weight is 361 g/mol. The van der Waals surface area contributed by atoms with E-state index in [-0.39, 0.29) is 5.78 Å². The fourth-order valence-corrected chi connectivity index (χ4v) is 3.39. The molecule has 26 heavy (non-hydrogen) atoms. The molecule has 1 aliphatic heterocycles. The van der Waals surface area contributed by atoms with Crippen molar-refractivity contribution in [3.05, 3.63) is 82.9 Å². The van der Waals surface area contributed by atoms with Crippen molar-refractivity contribution < 1.29 is 4.79 Å². The molecule has 1 heterocycles. The van der Waals surface area contributed by atoms with Crippen LogP contribution in [-0.4, -0.2) is 17.3 Å². The lowest BCUT2D eigenvalue weighted by Crippen LogP contribution is -2.00. The molecule has 0 fully saturated rings. The fraction of sp³-hybridized carbons (Fsp3) is 0.0909. The number of hydrogen-bond acceptors (Lipinski definition) is 3. The third kappa shape index (κ3) is 2.91. The number of benzene rings is 2. The molecular formula is C22H17ClN2O. The molecule has 0 saturated carbocycles. The van der Waals surface area contributed by atoms with Gasteiger partial charge in [0.2, 0.25) is 0 Å². The molecule has 0 radical (unpaired) electrons. The molecule has 1 N–H and O–H groups in total. The fourth-order valence-electron chi connectivity index (χ4n) is 3.20. The lowest BCUT2D eigenvalue weighted by Gasteiger charge is -2.02. The lowest BCUT2D eigenvalue weighted by atomic mass is 10.0. The summed E-state index contributed by atoms with van der Waals surface area (Å²) in [6.07, 6.45) is 0. The first-order valence-electron chi connectivity index (χ1n) is 8.54. The number of aromatic nitrogens is 1. The number of ketones is 1. The van der Waals surface area contributed by atoms with Crippen LogP contribution in [-0.2, 0) is 0 Å². The van der Waals surface area contributed by atoms with Gasteiger partial charge in [0.15, 0.2) is 5.78 Å². The number of anilines is 1. The van der Waals surface area contributed by atoms with Crippen LogP contribution < -0.4 is 5.32 Å². The molecule has 1 aliphatic carbocycles. The zero-order valence-corrected chi connectivity index (χ0v) is 15.0. The minimum Gasteiger partial charge on any atom is -0.384 e. The molecule has 0 spiro atoms. The Morgan fingerprint density at radius 1 is 1.00 bits per heavy atom. The smallest absolute Gasteiger partial charge is 0.193 e. The first-order valence-corrected chi connectivity index (χ1v) is 8.92. The van der Waals surface area contributed by atoms with Crippen LogP contribution in [0.15, 0.2) is 66.7 Å². The van der Waals surface area contributed by atoms with Crippen LogP contribution in [0.4, 0.5) is 5.69 Å². The van der Waals surface area contributed by atoms with E-state index in [9.17, 15) is 4.79 Å². The van der Waals surface area contributed by atoms with Crippen LogP contribution >= 0.6 is 11.6 Å².